The molecule has 0 unspecified atom stereocenters. The Labute approximate surface area is 97.3 Å². The SMILES string of the molecule is CCC(CC)Oc1ccccc1C#CCO. The maximum Gasteiger partial charge on any atom is 0.135 e. The Hall–Kier alpha value is -1.46. The van der Waals surface area contributed by atoms with Crippen molar-refractivity contribution in [1.29, 1.82) is 0 Å². The number of hydrogen-bond donors (Lipinski definition) is 1. The zero-order chi connectivity index (χ0) is 11.8. The lowest BCUT2D eigenvalue weighted by Gasteiger charge is -2.16. The van der Waals surface area contributed by atoms with E-state index in [0.717, 1.165) is 24.2 Å². The number of benzene rings is 1. The van der Waals surface area contributed by atoms with Crippen LogP contribution in [-0.2, 0) is 0 Å². The molecule has 1 rings (SSSR count). The first-order valence-corrected chi connectivity index (χ1v) is 5.67. The van der Waals surface area contributed by atoms with E-state index >= 15 is 0 Å². The maximum atomic E-state index is 8.68. The summed E-state index contributed by atoms with van der Waals surface area (Å²) in [6.45, 7) is 4.09. The molecule has 0 saturated heterocycles. The Morgan fingerprint density at radius 2 is 1.94 bits per heavy atom. The van der Waals surface area contributed by atoms with Crippen LogP contribution in [0.3, 0.4) is 0 Å². The molecule has 0 heterocycles. The molecule has 0 saturated carbocycles. The van der Waals surface area contributed by atoms with Gasteiger partial charge in [-0.25, -0.2) is 0 Å². The third-order valence-electron chi connectivity index (χ3n) is 2.39. The summed E-state index contributed by atoms with van der Waals surface area (Å²) in [7, 11) is 0. The minimum atomic E-state index is -0.126. The Balaban J connectivity index is 2.86. The van der Waals surface area contributed by atoms with E-state index in [0.29, 0.717) is 0 Å². The lowest BCUT2D eigenvalue weighted by molar-refractivity contribution is 0.192. The average molecular weight is 218 g/mol. The van der Waals surface area contributed by atoms with Gasteiger partial charge in [-0.2, -0.15) is 0 Å². The first-order valence-electron chi connectivity index (χ1n) is 5.67. The van der Waals surface area contributed by atoms with Crippen molar-refractivity contribution in [1.82, 2.24) is 0 Å². The molecular formula is C14H18O2. The smallest absolute Gasteiger partial charge is 0.135 e. The Bertz CT molecular complexity index is 370. The van der Waals surface area contributed by atoms with Crippen molar-refractivity contribution in [3.05, 3.63) is 29.8 Å². The molecule has 0 amide bonds. The zero-order valence-electron chi connectivity index (χ0n) is 9.86. The van der Waals surface area contributed by atoms with E-state index in [1.165, 1.54) is 0 Å². The molecule has 0 bridgehead atoms. The second-order valence-electron chi connectivity index (χ2n) is 3.51. The van der Waals surface area contributed by atoms with E-state index in [1.54, 1.807) is 0 Å². The Kier molecular flexibility index (Phi) is 5.45. The highest BCUT2D eigenvalue weighted by atomic mass is 16.5. The molecule has 0 fully saturated rings. The fourth-order valence-electron chi connectivity index (χ4n) is 1.44. The summed E-state index contributed by atoms with van der Waals surface area (Å²) in [6.07, 6.45) is 2.20. The van der Waals surface area contributed by atoms with Crippen LogP contribution in [0.4, 0.5) is 0 Å². The summed E-state index contributed by atoms with van der Waals surface area (Å²) in [5, 5.41) is 8.68. The maximum absolute atomic E-state index is 8.68. The minimum absolute atomic E-state index is 0.126. The predicted octanol–water partition coefficient (Wildman–Crippen LogP) is 2.60. The average Bonchev–Trinajstić information content (AvgIpc) is 2.34. The molecule has 0 atom stereocenters. The molecule has 0 radical (unpaired) electrons. The number of aliphatic hydroxyl groups excluding tert-OH is 1. The molecule has 16 heavy (non-hydrogen) atoms. The quantitative estimate of drug-likeness (QED) is 0.787. The van der Waals surface area contributed by atoms with Crippen molar-refractivity contribution in [2.75, 3.05) is 6.61 Å². The van der Waals surface area contributed by atoms with Gasteiger partial charge in [-0.05, 0) is 25.0 Å². The van der Waals surface area contributed by atoms with Crippen molar-refractivity contribution in [2.45, 2.75) is 32.8 Å². The summed E-state index contributed by atoms with van der Waals surface area (Å²) in [4.78, 5) is 0. The van der Waals surface area contributed by atoms with Gasteiger partial charge in [-0.1, -0.05) is 37.8 Å². The van der Waals surface area contributed by atoms with E-state index in [-0.39, 0.29) is 12.7 Å². The van der Waals surface area contributed by atoms with E-state index in [2.05, 4.69) is 25.7 Å². The molecule has 0 aliphatic carbocycles. The number of aliphatic hydroxyl groups is 1. The fraction of sp³-hybridized carbons (Fsp3) is 0.429. The number of ether oxygens (including phenoxy) is 1. The minimum Gasteiger partial charge on any atom is -0.489 e. The molecule has 1 aromatic carbocycles. The van der Waals surface area contributed by atoms with Crippen molar-refractivity contribution in [3.63, 3.8) is 0 Å². The molecular weight excluding hydrogens is 200 g/mol. The number of rotatable bonds is 4. The van der Waals surface area contributed by atoms with Crippen LogP contribution in [0.2, 0.25) is 0 Å². The largest absolute Gasteiger partial charge is 0.489 e. The van der Waals surface area contributed by atoms with Gasteiger partial charge in [0.15, 0.2) is 0 Å². The van der Waals surface area contributed by atoms with Crippen molar-refractivity contribution >= 4 is 0 Å². The Morgan fingerprint density at radius 3 is 2.56 bits per heavy atom. The van der Waals surface area contributed by atoms with Gasteiger partial charge in [0.1, 0.15) is 12.4 Å². The highest BCUT2D eigenvalue weighted by Crippen LogP contribution is 2.20. The predicted molar refractivity (Wildman–Crippen MR) is 65.4 cm³/mol. The molecule has 0 spiro atoms. The first-order chi connectivity index (χ1) is 7.81. The van der Waals surface area contributed by atoms with Crippen LogP contribution in [0.25, 0.3) is 0 Å². The molecule has 1 N–H and O–H groups in total. The van der Waals surface area contributed by atoms with Crippen LogP contribution >= 0.6 is 0 Å². The fourth-order valence-corrected chi connectivity index (χ4v) is 1.44. The molecule has 0 aromatic heterocycles. The molecule has 0 aliphatic heterocycles. The van der Waals surface area contributed by atoms with E-state index < -0.39 is 0 Å². The molecule has 2 heteroatoms. The van der Waals surface area contributed by atoms with E-state index in [9.17, 15) is 0 Å². The third-order valence-corrected chi connectivity index (χ3v) is 2.39. The van der Waals surface area contributed by atoms with Crippen LogP contribution < -0.4 is 4.74 Å². The monoisotopic (exact) mass is 218 g/mol. The number of para-hydroxylation sites is 1. The van der Waals surface area contributed by atoms with Gasteiger partial charge in [0.25, 0.3) is 0 Å². The van der Waals surface area contributed by atoms with Gasteiger partial charge in [0.05, 0.1) is 11.7 Å². The van der Waals surface area contributed by atoms with Gasteiger partial charge < -0.3 is 9.84 Å². The normalized spacial score (nSPS) is 9.75. The summed E-state index contributed by atoms with van der Waals surface area (Å²) in [5.74, 6) is 6.33. The standard InChI is InChI=1S/C14H18O2/c1-3-13(4-2)16-14-10-6-5-8-12(14)9-7-11-15/h5-6,8,10,13,15H,3-4,11H2,1-2H3. The van der Waals surface area contributed by atoms with E-state index in [4.69, 9.17) is 9.84 Å². The molecule has 0 aliphatic rings. The van der Waals surface area contributed by atoms with Crippen molar-refractivity contribution in [3.8, 4) is 17.6 Å². The highest BCUT2D eigenvalue weighted by molar-refractivity contribution is 5.46. The highest BCUT2D eigenvalue weighted by Gasteiger charge is 2.07. The second kappa shape index (κ2) is 6.92. The second-order valence-corrected chi connectivity index (χ2v) is 3.51. The van der Waals surface area contributed by atoms with Gasteiger partial charge in [-0.3, -0.25) is 0 Å². The van der Waals surface area contributed by atoms with Gasteiger partial charge in [-0.15, -0.1) is 0 Å². The van der Waals surface area contributed by atoms with Gasteiger partial charge in [0.2, 0.25) is 0 Å². The summed E-state index contributed by atoms with van der Waals surface area (Å²) in [6, 6.07) is 7.67. The molecule has 2 nitrogen and oxygen atoms in total. The molecule has 86 valence electrons. The zero-order valence-corrected chi connectivity index (χ0v) is 9.86. The summed E-state index contributed by atoms with van der Waals surface area (Å²) in [5.41, 5.74) is 0.837. The van der Waals surface area contributed by atoms with Gasteiger partial charge >= 0.3 is 0 Å². The van der Waals surface area contributed by atoms with Crippen molar-refractivity contribution < 1.29 is 9.84 Å². The lowest BCUT2D eigenvalue weighted by atomic mass is 10.2. The van der Waals surface area contributed by atoms with Crippen molar-refractivity contribution in [2.24, 2.45) is 0 Å². The third kappa shape index (κ3) is 3.60. The Morgan fingerprint density at radius 1 is 1.25 bits per heavy atom. The number of hydrogen-bond acceptors (Lipinski definition) is 2. The van der Waals surface area contributed by atoms with Crippen LogP contribution in [0.15, 0.2) is 24.3 Å². The van der Waals surface area contributed by atoms with Crippen LogP contribution in [0.5, 0.6) is 5.75 Å². The van der Waals surface area contributed by atoms with Crippen LogP contribution in [0.1, 0.15) is 32.3 Å². The molecule has 1 aromatic rings. The lowest BCUT2D eigenvalue weighted by Crippen LogP contribution is -2.14. The summed E-state index contributed by atoms with van der Waals surface area (Å²) < 4.78 is 5.86. The van der Waals surface area contributed by atoms with E-state index in [1.807, 2.05) is 24.3 Å². The summed E-state index contributed by atoms with van der Waals surface area (Å²) >= 11 is 0. The van der Waals surface area contributed by atoms with Crippen LogP contribution in [0, 0.1) is 11.8 Å². The van der Waals surface area contributed by atoms with Gasteiger partial charge in [0, 0.05) is 0 Å². The topological polar surface area (TPSA) is 29.5 Å². The first kappa shape index (κ1) is 12.6. The van der Waals surface area contributed by atoms with Crippen LogP contribution in [-0.4, -0.2) is 17.8 Å².